The number of rotatable bonds is 4. The van der Waals surface area contributed by atoms with Crippen LogP contribution in [-0.2, 0) is 0 Å². The van der Waals surface area contributed by atoms with Crippen molar-refractivity contribution in [3.8, 4) is 0 Å². The molecule has 94 valence electrons. The van der Waals surface area contributed by atoms with Crippen molar-refractivity contribution in [1.82, 2.24) is 15.3 Å². The second-order valence-corrected chi connectivity index (χ2v) is 4.78. The molecule has 0 spiro atoms. The largest absolute Gasteiger partial charge is 0.351 e. The number of carbonyl (C=O) groups is 1. The minimum absolute atomic E-state index is 0.155. The second kappa shape index (κ2) is 5.68. The number of hydrogen-bond donors (Lipinski definition) is 1. The molecule has 1 N–H and O–H groups in total. The number of amides is 1. The molecule has 6 heteroatoms. The van der Waals surface area contributed by atoms with Crippen LogP contribution in [0.3, 0.4) is 0 Å². The minimum Gasteiger partial charge on any atom is -0.351 e. The third kappa shape index (κ3) is 3.10. The lowest BCUT2D eigenvalue weighted by Gasteiger charge is -2.09. The number of thiazole rings is 1. The maximum atomic E-state index is 12.6. The zero-order valence-corrected chi connectivity index (χ0v) is 10.6. The monoisotopic (exact) mass is 265 g/mol. The maximum absolute atomic E-state index is 12.6. The highest BCUT2D eigenvalue weighted by Crippen LogP contribution is 2.16. The maximum Gasteiger partial charge on any atom is 0.252 e. The van der Waals surface area contributed by atoms with Gasteiger partial charge in [-0.25, -0.2) is 9.97 Å². The number of nitrogens with zero attached hydrogens (tertiary/aromatic N) is 2. The summed E-state index contributed by atoms with van der Waals surface area (Å²) in [7, 11) is 0. The van der Waals surface area contributed by atoms with Gasteiger partial charge in [-0.3, -0.25) is 4.79 Å². The summed E-state index contributed by atoms with van der Waals surface area (Å²) in [5, 5.41) is 5.65. The molecular weight excluding hydrogens is 253 g/mol. The average Bonchev–Trinajstić information content (AvgIpc) is 2.90. The summed E-state index contributed by atoms with van der Waals surface area (Å²) in [5.74, 6) is -0.698. The Labute approximate surface area is 108 Å². The number of aromatic nitrogens is 2. The number of carbonyl (C=O) groups excluding carboxylic acids is 1. The van der Waals surface area contributed by atoms with E-state index < -0.39 is 5.95 Å². The molecule has 0 bridgehead atoms. The Kier molecular flexibility index (Phi) is 3.99. The van der Waals surface area contributed by atoms with Crippen LogP contribution in [0.1, 0.15) is 28.2 Å². The van der Waals surface area contributed by atoms with E-state index in [1.54, 1.807) is 17.5 Å². The lowest BCUT2D eigenvalue weighted by molar-refractivity contribution is 0.0951. The van der Waals surface area contributed by atoms with Crippen LogP contribution in [0.5, 0.6) is 0 Å². The van der Waals surface area contributed by atoms with Crippen molar-refractivity contribution < 1.29 is 9.18 Å². The minimum atomic E-state index is -0.595. The Hall–Kier alpha value is -1.82. The van der Waals surface area contributed by atoms with E-state index in [2.05, 4.69) is 15.3 Å². The van der Waals surface area contributed by atoms with Crippen LogP contribution in [0, 0.1) is 5.95 Å². The Morgan fingerprint density at radius 2 is 2.33 bits per heavy atom. The lowest BCUT2D eigenvalue weighted by Crippen LogP contribution is -2.27. The molecule has 1 amide bonds. The standard InChI is InChI=1S/C12H12FN3OS/c1-8(12-14-4-5-18-12)6-16-11(17)9-2-3-10(13)15-7-9/h2-5,7-8H,6H2,1H3,(H,16,17). The summed E-state index contributed by atoms with van der Waals surface area (Å²) in [6.07, 6.45) is 2.96. The van der Waals surface area contributed by atoms with Gasteiger partial charge in [-0.15, -0.1) is 11.3 Å². The summed E-state index contributed by atoms with van der Waals surface area (Å²) >= 11 is 1.56. The van der Waals surface area contributed by atoms with Crippen molar-refractivity contribution in [3.63, 3.8) is 0 Å². The fraction of sp³-hybridized carbons (Fsp3) is 0.250. The number of halogens is 1. The Bertz CT molecular complexity index is 513. The van der Waals surface area contributed by atoms with E-state index in [1.165, 1.54) is 18.3 Å². The zero-order chi connectivity index (χ0) is 13.0. The normalized spacial score (nSPS) is 12.1. The fourth-order valence-electron chi connectivity index (χ4n) is 1.42. The second-order valence-electron chi connectivity index (χ2n) is 3.85. The summed E-state index contributed by atoms with van der Waals surface area (Å²) in [5.41, 5.74) is 0.350. The van der Waals surface area contributed by atoms with Crippen LogP contribution in [0.25, 0.3) is 0 Å². The zero-order valence-electron chi connectivity index (χ0n) is 9.76. The quantitative estimate of drug-likeness (QED) is 0.862. The summed E-state index contributed by atoms with van der Waals surface area (Å²) in [4.78, 5) is 19.4. The Morgan fingerprint density at radius 3 is 2.94 bits per heavy atom. The summed E-state index contributed by atoms with van der Waals surface area (Å²) in [6.45, 7) is 2.48. The van der Waals surface area contributed by atoms with E-state index in [9.17, 15) is 9.18 Å². The molecule has 0 radical (unpaired) electrons. The molecule has 2 heterocycles. The first-order valence-corrected chi connectivity index (χ1v) is 6.34. The highest BCUT2D eigenvalue weighted by Gasteiger charge is 2.11. The van der Waals surface area contributed by atoms with Crippen LogP contribution in [0.15, 0.2) is 29.9 Å². The molecule has 0 aliphatic carbocycles. The van der Waals surface area contributed by atoms with Gasteiger partial charge in [-0.05, 0) is 12.1 Å². The van der Waals surface area contributed by atoms with Gasteiger partial charge < -0.3 is 5.32 Å². The fourth-order valence-corrected chi connectivity index (χ4v) is 2.12. The molecule has 2 aromatic rings. The lowest BCUT2D eigenvalue weighted by atomic mass is 10.2. The predicted molar refractivity (Wildman–Crippen MR) is 67.1 cm³/mol. The molecule has 18 heavy (non-hydrogen) atoms. The van der Waals surface area contributed by atoms with E-state index in [4.69, 9.17) is 0 Å². The van der Waals surface area contributed by atoms with Crippen molar-refractivity contribution in [2.24, 2.45) is 0 Å². The van der Waals surface area contributed by atoms with E-state index in [0.29, 0.717) is 12.1 Å². The molecule has 0 aliphatic rings. The molecule has 2 rings (SSSR count). The van der Waals surface area contributed by atoms with E-state index in [1.807, 2.05) is 12.3 Å². The number of hydrogen-bond acceptors (Lipinski definition) is 4. The molecule has 2 aromatic heterocycles. The van der Waals surface area contributed by atoms with Crippen molar-refractivity contribution in [1.29, 1.82) is 0 Å². The van der Waals surface area contributed by atoms with Gasteiger partial charge in [0.25, 0.3) is 5.91 Å². The van der Waals surface area contributed by atoms with Crippen LogP contribution >= 0.6 is 11.3 Å². The van der Waals surface area contributed by atoms with Gasteiger partial charge in [0.05, 0.1) is 10.6 Å². The highest BCUT2D eigenvalue weighted by molar-refractivity contribution is 7.09. The van der Waals surface area contributed by atoms with Gasteiger partial charge in [0.1, 0.15) is 0 Å². The van der Waals surface area contributed by atoms with Crippen LogP contribution in [0.2, 0.25) is 0 Å². The van der Waals surface area contributed by atoms with Gasteiger partial charge in [0.2, 0.25) is 5.95 Å². The molecule has 0 saturated carbocycles. The van der Waals surface area contributed by atoms with Gasteiger partial charge in [-0.1, -0.05) is 6.92 Å². The van der Waals surface area contributed by atoms with E-state index in [-0.39, 0.29) is 11.8 Å². The molecule has 0 aromatic carbocycles. The Morgan fingerprint density at radius 1 is 1.50 bits per heavy atom. The number of pyridine rings is 1. The van der Waals surface area contributed by atoms with Crippen molar-refractivity contribution in [3.05, 3.63) is 46.4 Å². The molecule has 1 atom stereocenters. The van der Waals surface area contributed by atoms with E-state index >= 15 is 0 Å². The SMILES string of the molecule is CC(CNC(=O)c1ccc(F)nc1)c1nccs1. The first kappa shape index (κ1) is 12.6. The highest BCUT2D eigenvalue weighted by atomic mass is 32.1. The van der Waals surface area contributed by atoms with Gasteiger partial charge >= 0.3 is 0 Å². The summed E-state index contributed by atoms with van der Waals surface area (Å²) < 4.78 is 12.6. The third-order valence-corrected chi connectivity index (χ3v) is 3.44. The molecular formula is C12H12FN3OS. The van der Waals surface area contributed by atoms with Crippen LogP contribution in [-0.4, -0.2) is 22.4 Å². The van der Waals surface area contributed by atoms with Crippen molar-refractivity contribution in [2.45, 2.75) is 12.8 Å². The summed E-state index contributed by atoms with van der Waals surface area (Å²) in [6, 6.07) is 2.57. The van der Waals surface area contributed by atoms with Crippen molar-refractivity contribution in [2.75, 3.05) is 6.54 Å². The smallest absolute Gasteiger partial charge is 0.252 e. The molecule has 0 saturated heterocycles. The first-order chi connectivity index (χ1) is 8.66. The topological polar surface area (TPSA) is 54.9 Å². The molecule has 4 nitrogen and oxygen atoms in total. The number of nitrogens with one attached hydrogen (secondary N) is 1. The van der Waals surface area contributed by atoms with Gasteiger partial charge in [0, 0.05) is 30.2 Å². The van der Waals surface area contributed by atoms with Gasteiger partial charge in [0.15, 0.2) is 0 Å². The molecule has 0 aliphatic heterocycles. The van der Waals surface area contributed by atoms with Crippen LogP contribution < -0.4 is 5.32 Å². The third-order valence-electron chi connectivity index (χ3n) is 2.43. The van der Waals surface area contributed by atoms with E-state index in [0.717, 1.165) is 5.01 Å². The first-order valence-electron chi connectivity index (χ1n) is 5.46. The van der Waals surface area contributed by atoms with Crippen molar-refractivity contribution >= 4 is 17.2 Å². The predicted octanol–water partition coefficient (Wildman–Crippen LogP) is 2.21. The van der Waals surface area contributed by atoms with Gasteiger partial charge in [-0.2, -0.15) is 4.39 Å². The molecule has 1 unspecified atom stereocenters. The molecule has 0 fully saturated rings. The average molecular weight is 265 g/mol. The van der Waals surface area contributed by atoms with Crippen LogP contribution in [0.4, 0.5) is 4.39 Å². The Balaban J connectivity index is 1.90.